The summed E-state index contributed by atoms with van der Waals surface area (Å²) in [6.45, 7) is 8.08. The fourth-order valence-electron chi connectivity index (χ4n) is 5.30. The first-order valence-electron chi connectivity index (χ1n) is 13.6. The largest absolute Gasteiger partial charge is 0.463 e. The Morgan fingerprint density at radius 1 is 0.900 bits per heavy atom. The number of carbonyl (C=O) groups excluding carboxylic acids is 2. The van der Waals surface area contributed by atoms with Crippen molar-refractivity contribution in [1.82, 2.24) is 19.6 Å². The van der Waals surface area contributed by atoms with Crippen molar-refractivity contribution in [1.29, 1.82) is 0 Å². The van der Waals surface area contributed by atoms with Crippen LogP contribution in [0.3, 0.4) is 0 Å². The van der Waals surface area contributed by atoms with Gasteiger partial charge in [0.1, 0.15) is 0 Å². The molecule has 40 heavy (non-hydrogen) atoms. The second-order valence-corrected chi connectivity index (χ2v) is 10.2. The molecule has 2 aliphatic heterocycles. The van der Waals surface area contributed by atoms with Crippen LogP contribution < -0.4 is 15.5 Å². The van der Waals surface area contributed by atoms with Gasteiger partial charge in [0.2, 0.25) is 0 Å². The predicted molar refractivity (Wildman–Crippen MR) is 153 cm³/mol. The number of para-hydroxylation sites is 1. The van der Waals surface area contributed by atoms with Crippen LogP contribution in [0.1, 0.15) is 46.6 Å². The summed E-state index contributed by atoms with van der Waals surface area (Å²) in [4.78, 5) is 44.4. The van der Waals surface area contributed by atoms with Gasteiger partial charge in [0.15, 0.2) is 5.82 Å². The lowest BCUT2D eigenvalue weighted by atomic mass is 10.0. The summed E-state index contributed by atoms with van der Waals surface area (Å²) in [5.74, 6) is -0.251. The highest BCUT2D eigenvalue weighted by Gasteiger charge is 2.33. The number of rotatable bonds is 6. The van der Waals surface area contributed by atoms with E-state index in [0.717, 1.165) is 66.2 Å². The van der Waals surface area contributed by atoms with Crippen LogP contribution in [0.5, 0.6) is 0 Å². The minimum absolute atomic E-state index is 0.0613. The van der Waals surface area contributed by atoms with Gasteiger partial charge in [-0.2, -0.15) is 4.68 Å². The molecule has 0 bridgehead atoms. The Kier molecular flexibility index (Phi) is 7.74. The maximum absolute atomic E-state index is 13.3. The standard InChI is InChI=1S/C29H35N7O4/c1-4-19-7-6-8-20(5-2)25(19)30-28(38)35-17-23-24(18-35)36(29(39)40)32-26(23)31-27(37)21-9-11-22(12-10-21)34-15-13-33(3)14-16-34/h6-12H,4-5,13-18H2,1-3H3,(H,30,38)(H,39,40)(H,31,32,37). The number of amides is 3. The molecule has 0 atom stereocenters. The number of aromatic nitrogens is 2. The van der Waals surface area contributed by atoms with E-state index < -0.39 is 12.0 Å². The number of hydrogen-bond acceptors (Lipinski definition) is 6. The molecule has 2 aliphatic rings. The smallest absolute Gasteiger partial charge is 0.432 e. The van der Waals surface area contributed by atoms with Gasteiger partial charge in [0, 0.05) is 48.7 Å². The van der Waals surface area contributed by atoms with Crippen molar-refractivity contribution >= 4 is 35.2 Å². The van der Waals surface area contributed by atoms with Crippen LogP contribution in [0.4, 0.5) is 26.8 Å². The molecule has 1 saturated heterocycles. The van der Waals surface area contributed by atoms with E-state index in [9.17, 15) is 19.5 Å². The number of carbonyl (C=O) groups is 3. The molecule has 1 fully saturated rings. The highest BCUT2D eigenvalue weighted by Crippen LogP contribution is 2.31. The number of anilines is 3. The Balaban J connectivity index is 1.31. The molecule has 3 N–H and O–H groups in total. The van der Waals surface area contributed by atoms with E-state index in [1.54, 1.807) is 12.1 Å². The van der Waals surface area contributed by atoms with Gasteiger partial charge in [-0.25, -0.2) is 9.59 Å². The van der Waals surface area contributed by atoms with E-state index in [2.05, 4.69) is 32.6 Å². The summed E-state index contributed by atoms with van der Waals surface area (Å²) in [5.41, 5.74) is 5.23. The zero-order chi connectivity index (χ0) is 28.4. The Morgan fingerprint density at radius 2 is 1.55 bits per heavy atom. The van der Waals surface area contributed by atoms with Crippen LogP contribution in [0.2, 0.25) is 0 Å². The van der Waals surface area contributed by atoms with Gasteiger partial charge >= 0.3 is 12.1 Å². The Labute approximate surface area is 233 Å². The third-order valence-electron chi connectivity index (χ3n) is 7.71. The molecule has 210 valence electrons. The number of piperazine rings is 1. The molecule has 3 heterocycles. The van der Waals surface area contributed by atoms with Crippen LogP contribution in [0, 0.1) is 0 Å². The van der Waals surface area contributed by atoms with E-state index in [-0.39, 0.29) is 24.9 Å². The average molecular weight is 546 g/mol. The molecular weight excluding hydrogens is 510 g/mol. The van der Waals surface area contributed by atoms with Gasteiger partial charge < -0.3 is 30.4 Å². The van der Waals surface area contributed by atoms with Crippen molar-refractivity contribution in [2.45, 2.75) is 39.8 Å². The first kappa shape index (κ1) is 27.2. The summed E-state index contributed by atoms with van der Waals surface area (Å²) in [6, 6.07) is 13.0. The molecule has 0 spiro atoms. The lowest BCUT2D eigenvalue weighted by molar-refractivity contribution is 0.102. The summed E-state index contributed by atoms with van der Waals surface area (Å²) >= 11 is 0. The van der Waals surface area contributed by atoms with Gasteiger partial charge in [-0.1, -0.05) is 32.0 Å². The number of fused-ring (bicyclic) bond motifs is 1. The highest BCUT2D eigenvalue weighted by molar-refractivity contribution is 6.04. The van der Waals surface area contributed by atoms with Crippen LogP contribution in [0.25, 0.3) is 0 Å². The number of nitrogens with zero attached hydrogens (tertiary/aromatic N) is 5. The number of likely N-dealkylation sites (N-methyl/N-ethyl adjacent to an activating group) is 1. The van der Waals surface area contributed by atoms with E-state index in [0.29, 0.717) is 16.8 Å². The molecule has 3 amide bonds. The zero-order valence-electron chi connectivity index (χ0n) is 23.1. The van der Waals surface area contributed by atoms with Crippen LogP contribution in [0.15, 0.2) is 42.5 Å². The number of benzene rings is 2. The topological polar surface area (TPSA) is 123 Å². The van der Waals surface area contributed by atoms with Crippen molar-refractivity contribution in [3.63, 3.8) is 0 Å². The van der Waals surface area contributed by atoms with Gasteiger partial charge in [-0.15, -0.1) is 5.10 Å². The van der Waals surface area contributed by atoms with Crippen molar-refractivity contribution in [2.75, 3.05) is 48.8 Å². The number of urea groups is 1. The molecule has 0 saturated carbocycles. The van der Waals surface area contributed by atoms with E-state index in [1.807, 2.05) is 44.2 Å². The van der Waals surface area contributed by atoms with E-state index in [4.69, 9.17) is 0 Å². The van der Waals surface area contributed by atoms with Crippen LogP contribution >= 0.6 is 0 Å². The normalized spacial score (nSPS) is 15.2. The molecule has 0 unspecified atom stereocenters. The molecule has 11 nitrogen and oxygen atoms in total. The molecule has 2 aromatic carbocycles. The number of nitrogens with one attached hydrogen (secondary N) is 2. The third kappa shape index (κ3) is 5.37. The maximum atomic E-state index is 13.3. The molecule has 0 radical (unpaired) electrons. The monoisotopic (exact) mass is 545 g/mol. The second kappa shape index (κ2) is 11.4. The number of carboxylic acid groups (broad SMARTS) is 1. The molecule has 11 heteroatoms. The molecular formula is C29H35N7O4. The van der Waals surface area contributed by atoms with Crippen molar-refractivity contribution in [2.24, 2.45) is 0 Å². The summed E-state index contributed by atoms with van der Waals surface area (Å²) < 4.78 is 0.839. The minimum Gasteiger partial charge on any atom is -0.463 e. The zero-order valence-corrected chi connectivity index (χ0v) is 23.1. The lowest BCUT2D eigenvalue weighted by Gasteiger charge is -2.34. The Morgan fingerprint density at radius 3 is 2.15 bits per heavy atom. The molecule has 5 rings (SSSR count). The predicted octanol–water partition coefficient (Wildman–Crippen LogP) is 4.09. The minimum atomic E-state index is -1.28. The van der Waals surface area contributed by atoms with Crippen molar-refractivity contribution in [3.8, 4) is 0 Å². The molecule has 0 aliphatic carbocycles. The molecule has 1 aromatic heterocycles. The quantitative estimate of drug-likeness (QED) is 0.426. The van der Waals surface area contributed by atoms with E-state index >= 15 is 0 Å². The first-order valence-corrected chi connectivity index (χ1v) is 13.6. The van der Waals surface area contributed by atoms with Crippen LogP contribution in [-0.2, 0) is 25.9 Å². The van der Waals surface area contributed by atoms with Crippen molar-refractivity contribution in [3.05, 3.63) is 70.4 Å². The highest BCUT2D eigenvalue weighted by atomic mass is 16.4. The van der Waals surface area contributed by atoms with E-state index in [1.165, 1.54) is 4.90 Å². The lowest BCUT2D eigenvalue weighted by Crippen LogP contribution is -2.44. The maximum Gasteiger partial charge on any atom is 0.432 e. The average Bonchev–Trinajstić information content (AvgIpc) is 3.54. The van der Waals surface area contributed by atoms with Crippen LogP contribution in [-0.4, -0.2) is 75.9 Å². The van der Waals surface area contributed by atoms with Gasteiger partial charge in [-0.3, -0.25) is 4.79 Å². The third-order valence-corrected chi connectivity index (χ3v) is 7.71. The summed E-state index contributed by atoms with van der Waals surface area (Å²) in [6.07, 6.45) is 0.258. The Hall–Kier alpha value is -4.38. The number of aryl methyl sites for hydroxylation is 2. The fourth-order valence-corrected chi connectivity index (χ4v) is 5.30. The SMILES string of the molecule is CCc1cccc(CC)c1NC(=O)N1Cc2c(NC(=O)c3ccc(N4CCN(C)CC4)cc3)nn(C(=O)O)c2C1. The fraction of sp³-hybridized carbons (Fsp3) is 0.379. The first-order chi connectivity index (χ1) is 19.3. The van der Waals surface area contributed by atoms with Gasteiger partial charge in [0.25, 0.3) is 5.91 Å². The Bertz CT molecular complexity index is 1400. The van der Waals surface area contributed by atoms with Crippen molar-refractivity contribution < 1.29 is 19.5 Å². The molecule has 3 aromatic rings. The number of hydrogen-bond donors (Lipinski definition) is 3. The summed E-state index contributed by atoms with van der Waals surface area (Å²) in [5, 5.41) is 19.7. The van der Waals surface area contributed by atoms with Gasteiger partial charge in [-0.05, 0) is 55.3 Å². The van der Waals surface area contributed by atoms with Gasteiger partial charge in [0.05, 0.1) is 18.8 Å². The summed E-state index contributed by atoms with van der Waals surface area (Å²) in [7, 11) is 2.10. The second-order valence-electron chi connectivity index (χ2n) is 10.2.